The van der Waals surface area contributed by atoms with E-state index in [1.54, 1.807) is 0 Å². The predicted molar refractivity (Wildman–Crippen MR) is 96.5 cm³/mol. The number of nitrogens with zero attached hydrogens (tertiary/aromatic N) is 1. The highest BCUT2D eigenvalue weighted by Gasteiger charge is 2.16. The molecule has 1 fully saturated rings. The average molecular weight is 369 g/mol. The third kappa shape index (κ3) is 8.53. The van der Waals surface area contributed by atoms with Crippen molar-refractivity contribution >= 4 is 0 Å². The van der Waals surface area contributed by atoms with Gasteiger partial charge in [-0.2, -0.15) is 0 Å². The Kier molecular flexibility index (Phi) is 10.7. The molecular formula is C19H31NO6. The molecule has 0 radical (unpaired) electrons. The standard InChI is InChI=1S/C19H31NO6/c1-16-3-4-18(17(2)20-16)19-15-25-12-11-23-8-7-21-5-6-22-9-10-24-13-14-26-19/h3-4,19H,5-15H2,1-2H3. The summed E-state index contributed by atoms with van der Waals surface area (Å²) in [5.41, 5.74) is 3.00. The molecule has 148 valence electrons. The van der Waals surface area contributed by atoms with Gasteiger partial charge in [0.1, 0.15) is 6.10 Å². The van der Waals surface area contributed by atoms with Gasteiger partial charge in [0.05, 0.1) is 72.7 Å². The van der Waals surface area contributed by atoms with E-state index in [4.69, 9.17) is 28.4 Å². The van der Waals surface area contributed by atoms with Crippen molar-refractivity contribution in [1.29, 1.82) is 0 Å². The van der Waals surface area contributed by atoms with Crippen molar-refractivity contribution in [2.24, 2.45) is 0 Å². The maximum Gasteiger partial charge on any atom is 0.108 e. The Balaban J connectivity index is 1.86. The molecule has 7 heteroatoms. The number of aryl methyl sites for hydroxylation is 2. The Bertz CT molecular complexity index is 481. The molecule has 1 aliphatic rings. The lowest BCUT2D eigenvalue weighted by Crippen LogP contribution is -2.19. The van der Waals surface area contributed by atoms with E-state index in [1.807, 2.05) is 19.9 Å². The van der Waals surface area contributed by atoms with Gasteiger partial charge in [0.25, 0.3) is 0 Å². The van der Waals surface area contributed by atoms with Gasteiger partial charge < -0.3 is 28.4 Å². The summed E-state index contributed by atoms with van der Waals surface area (Å²) in [5.74, 6) is 0. The zero-order valence-electron chi connectivity index (χ0n) is 15.9. The summed E-state index contributed by atoms with van der Waals surface area (Å²) in [6, 6.07) is 4.05. The molecule has 1 aliphatic heterocycles. The molecule has 1 aromatic rings. The fraction of sp³-hybridized carbons (Fsp3) is 0.737. The zero-order valence-corrected chi connectivity index (χ0v) is 15.9. The molecule has 0 bridgehead atoms. The van der Waals surface area contributed by atoms with E-state index < -0.39 is 0 Å². The van der Waals surface area contributed by atoms with Gasteiger partial charge in [-0.05, 0) is 19.9 Å². The zero-order chi connectivity index (χ0) is 18.5. The Morgan fingerprint density at radius 1 is 0.692 bits per heavy atom. The fourth-order valence-electron chi connectivity index (χ4n) is 2.58. The molecule has 0 saturated carbocycles. The van der Waals surface area contributed by atoms with Crippen molar-refractivity contribution in [1.82, 2.24) is 4.98 Å². The summed E-state index contributed by atoms with van der Waals surface area (Å²) < 4.78 is 33.7. The predicted octanol–water partition coefficient (Wildman–Crippen LogP) is 1.85. The number of hydrogen-bond donors (Lipinski definition) is 0. The van der Waals surface area contributed by atoms with E-state index in [1.165, 1.54) is 0 Å². The minimum absolute atomic E-state index is 0.176. The van der Waals surface area contributed by atoms with E-state index in [-0.39, 0.29) is 6.10 Å². The number of hydrogen-bond acceptors (Lipinski definition) is 7. The van der Waals surface area contributed by atoms with Gasteiger partial charge in [0.2, 0.25) is 0 Å². The highest BCUT2D eigenvalue weighted by atomic mass is 16.6. The molecule has 2 rings (SSSR count). The Morgan fingerprint density at radius 2 is 1.19 bits per heavy atom. The smallest absolute Gasteiger partial charge is 0.108 e. The van der Waals surface area contributed by atoms with Gasteiger partial charge in [-0.1, -0.05) is 6.07 Å². The van der Waals surface area contributed by atoms with E-state index in [0.717, 1.165) is 17.0 Å². The minimum atomic E-state index is -0.176. The molecule has 0 aliphatic carbocycles. The van der Waals surface area contributed by atoms with Crippen LogP contribution in [0.2, 0.25) is 0 Å². The fourth-order valence-corrected chi connectivity index (χ4v) is 2.58. The monoisotopic (exact) mass is 369 g/mol. The van der Waals surface area contributed by atoms with Gasteiger partial charge in [-0.25, -0.2) is 0 Å². The van der Waals surface area contributed by atoms with E-state index in [0.29, 0.717) is 72.7 Å². The lowest BCUT2D eigenvalue weighted by molar-refractivity contribution is -0.0618. The molecule has 1 unspecified atom stereocenters. The third-order valence-corrected chi connectivity index (χ3v) is 3.92. The summed E-state index contributed by atoms with van der Waals surface area (Å²) in [5, 5.41) is 0. The second kappa shape index (κ2) is 13.1. The second-order valence-corrected chi connectivity index (χ2v) is 6.01. The van der Waals surface area contributed by atoms with Gasteiger partial charge in [-0.15, -0.1) is 0 Å². The maximum absolute atomic E-state index is 6.00. The molecule has 1 saturated heterocycles. The van der Waals surface area contributed by atoms with Gasteiger partial charge in [0, 0.05) is 17.0 Å². The van der Waals surface area contributed by atoms with Crippen LogP contribution in [-0.2, 0) is 28.4 Å². The normalized spacial score (nSPS) is 23.1. The Labute approximate surface area is 155 Å². The van der Waals surface area contributed by atoms with Crippen LogP contribution in [0.15, 0.2) is 12.1 Å². The van der Waals surface area contributed by atoms with E-state index in [9.17, 15) is 0 Å². The molecule has 2 heterocycles. The molecule has 7 nitrogen and oxygen atoms in total. The van der Waals surface area contributed by atoms with Crippen molar-refractivity contribution in [3.8, 4) is 0 Å². The first-order chi connectivity index (χ1) is 12.8. The molecule has 1 aromatic heterocycles. The van der Waals surface area contributed by atoms with Crippen molar-refractivity contribution in [3.63, 3.8) is 0 Å². The average Bonchev–Trinajstić information content (AvgIpc) is 2.62. The van der Waals surface area contributed by atoms with Gasteiger partial charge in [0.15, 0.2) is 0 Å². The van der Waals surface area contributed by atoms with Crippen molar-refractivity contribution in [2.45, 2.75) is 20.0 Å². The second-order valence-electron chi connectivity index (χ2n) is 6.01. The van der Waals surface area contributed by atoms with Crippen molar-refractivity contribution in [3.05, 3.63) is 29.1 Å². The molecule has 0 amide bonds. The van der Waals surface area contributed by atoms with Crippen LogP contribution in [0.25, 0.3) is 0 Å². The molecule has 1 atom stereocenters. The van der Waals surface area contributed by atoms with E-state index >= 15 is 0 Å². The summed E-state index contributed by atoms with van der Waals surface area (Å²) in [7, 11) is 0. The number of aromatic nitrogens is 1. The van der Waals surface area contributed by atoms with Crippen LogP contribution >= 0.6 is 0 Å². The summed E-state index contributed by atoms with van der Waals surface area (Å²) in [4.78, 5) is 4.53. The van der Waals surface area contributed by atoms with Crippen LogP contribution in [0, 0.1) is 13.8 Å². The van der Waals surface area contributed by atoms with Gasteiger partial charge in [-0.3, -0.25) is 4.98 Å². The third-order valence-electron chi connectivity index (χ3n) is 3.92. The molecule has 26 heavy (non-hydrogen) atoms. The summed E-state index contributed by atoms with van der Waals surface area (Å²) in [6.07, 6.45) is -0.176. The molecule has 0 N–H and O–H groups in total. The largest absolute Gasteiger partial charge is 0.377 e. The lowest BCUT2D eigenvalue weighted by Gasteiger charge is -2.20. The first kappa shape index (κ1) is 21.2. The number of pyridine rings is 1. The van der Waals surface area contributed by atoms with E-state index in [2.05, 4.69) is 11.1 Å². The number of ether oxygens (including phenoxy) is 6. The van der Waals surface area contributed by atoms with Crippen LogP contribution in [0.1, 0.15) is 23.1 Å². The topological polar surface area (TPSA) is 68.3 Å². The maximum atomic E-state index is 6.00. The summed E-state index contributed by atoms with van der Waals surface area (Å²) in [6.45, 7) is 9.79. The van der Waals surface area contributed by atoms with Crippen molar-refractivity contribution in [2.75, 3.05) is 72.7 Å². The van der Waals surface area contributed by atoms with Crippen LogP contribution in [0.5, 0.6) is 0 Å². The van der Waals surface area contributed by atoms with Crippen LogP contribution in [0.4, 0.5) is 0 Å². The Hall–Kier alpha value is -1.09. The quantitative estimate of drug-likeness (QED) is 0.748. The first-order valence-electron chi connectivity index (χ1n) is 9.22. The molecule has 0 spiro atoms. The van der Waals surface area contributed by atoms with Crippen LogP contribution in [0.3, 0.4) is 0 Å². The van der Waals surface area contributed by atoms with Crippen LogP contribution < -0.4 is 0 Å². The van der Waals surface area contributed by atoms with Crippen molar-refractivity contribution < 1.29 is 28.4 Å². The lowest BCUT2D eigenvalue weighted by atomic mass is 10.1. The number of rotatable bonds is 1. The molecular weight excluding hydrogens is 338 g/mol. The van der Waals surface area contributed by atoms with Crippen LogP contribution in [-0.4, -0.2) is 77.7 Å². The SMILES string of the molecule is Cc1ccc(C2COCCOCCOCCOCCOCCO2)c(C)n1. The summed E-state index contributed by atoms with van der Waals surface area (Å²) >= 11 is 0. The Morgan fingerprint density at radius 3 is 1.73 bits per heavy atom. The molecule has 0 aromatic carbocycles. The highest BCUT2D eigenvalue weighted by molar-refractivity contribution is 5.24. The van der Waals surface area contributed by atoms with Gasteiger partial charge >= 0.3 is 0 Å². The highest BCUT2D eigenvalue weighted by Crippen LogP contribution is 2.21. The minimum Gasteiger partial charge on any atom is -0.377 e. The first-order valence-corrected chi connectivity index (χ1v) is 9.22.